The molecule has 1 aliphatic rings. The lowest BCUT2D eigenvalue weighted by atomic mass is 10.0. The van der Waals surface area contributed by atoms with E-state index in [9.17, 15) is 8.42 Å². The lowest BCUT2D eigenvalue weighted by Gasteiger charge is -2.30. The molecule has 0 aliphatic carbocycles. The lowest BCUT2D eigenvalue weighted by molar-refractivity contribution is 0.349. The van der Waals surface area contributed by atoms with E-state index in [-0.39, 0.29) is 17.0 Å². The van der Waals surface area contributed by atoms with Crippen molar-refractivity contribution in [3.63, 3.8) is 0 Å². The summed E-state index contributed by atoms with van der Waals surface area (Å²) in [5.74, 6) is 0. The van der Waals surface area contributed by atoms with Crippen molar-refractivity contribution in [1.29, 1.82) is 5.26 Å². The number of hydrogen-bond donors (Lipinski definition) is 2. The second kappa shape index (κ2) is 6.22. The van der Waals surface area contributed by atoms with Gasteiger partial charge in [0.15, 0.2) is 0 Å². The Balaban J connectivity index is 2.26. The van der Waals surface area contributed by atoms with Gasteiger partial charge in [-0.2, -0.15) is 5.26 Å². The van der Waals surface area contributed by atoms with Crippen LogP contribution in [-0.2, 0) is 10.0 Å². The number of benzene rings is 1. The molecule has 7 heteroatoms. The van der Waals surface area contributed by atoms with Crippen LogP contribution in [0.1, 0.15) is 25.3 Å². The monoisotopic (exact) mass is 357 g/mol. The highest BCUT2D eigenvalue weighted by molar-refractivity contribution is 9.10. The predicted octanol–water partition coefficient (Wildman–Crippen LogP) is 1.74. The maximum absolute atomic E-state index is 12.4. The summed E-state index contributed by atoms with van der Waals surface area (Å²) < 4.78 is 28.1. The Morgan fingerprint density at radius 1 is 1.45 bits per heavy atom. The molecule has 1 saturated heterocycles. The van der Waals surface area contributed by atoms with Gasteiger partial charge >= 0.3 is 0 Å². The van der Waals surface area contributed by atoms with Crippen molar-refractivity contribution in [2.75, 3.05) is 6.54 Å². The highest BCUT2D eigenvalue weighted by atomic mass is 79.9. The van der Waals surface area contributed by atoms with Crippen LogP contribution in [0.15, 0.2) is 27.6 Å². The Kier molecular flexibility index (Phi) is 4.81. The number of nitrogens with zero attached hydrogens (tertiary/aromatic N) is 1. The van der Waals surface area contributed by atoms with Gasteiger partial charge in [-0.05, 0) is 44.5 Å². The molecule has 0 radical (unpaired) electrons. The van der Waals surface area contributed by atoms with E-state index in [1.165, 1.54) is 12.1 Å². The van der Waals surface area contributed by atoms with Crippen LogP contribution in [0.3, 0.4) is 0 Å². The average molecular weight is 358 g/mol. The molecule has 108 valence electrons. The summed E-state index contributed by atoms with van der Waals surface area (Å²) in [6.07, 6.45) is 1.76. The molecule has 0 bridgehead atoms. The normalized spacial score (nSPS) is 23.2. The molecule has 1 fully saturated rings. The van der Waals surface area contributed by atoms with Crippen LogP contribution in [0.2, 0.25) is 0 Å². The molecule has 0 amide bonds. The fourth-order valence-electron chi connectivity index (χ4n) is 2.25. The Morgan fingerprint density at radius 2 is 2.20 bits per heavy atom. The zero-order chi connectivity index (χ0) is 14.8. The van der Waals surface area contributed by atoms with Crippen molar-refractivity contribution in [2.24, 2.45) is 0 Å². The van der Waals surface area contributed by atoms with E-state index in [1.54, 1.807) is 6.07 Å². The first-order valence-electron chi connectivity index (χ1n) is 6.39. The van der Waals surface area contributed by atoms with Crippen LogP contribution < -0.4 is 10.0 Å². The van der Waals surface area contributed by atoms with Gasteiger partial charge in [0.25, 0.3) is 0 Å². The summed E-state index contributed by atoms with van der Waals surface area (Å²) in [6.45, 7) is 2.88. The third-order valence-corrected chi connectivity index (χ3v) is 5.31. The van der Waals surface area contributed by atoms with E-state index in [4.69, 9.17) is 5.26 Å². The number of nitriles is 1. The first kappa shape index (κ1) is 15.4. The molecule has 1 aromatic rings. The van der Waals surface area contributed by atoms with Crippen molar-refractivity contribution in [2.45, 2.75) is 36.7 Å². The fraction of sp³-hybridized carbons (Fsp3) is 0.462. The quantitative estimate of drug-likeness (QED) is 0.862. The molecule has 2 N–H and O–H groups in total. The van der Waals surface area contributed by atoms with Gasteiger partial charge in [0.2, 0.25) is 10.0 Å². The molecule has 2 atom stereocenters. The van der Waals surface area contributed by atoms with Gasteiger partial charge in [0.1, 0.15) is 0 Å². The van der Waals surface area contributed by atoms with Gasteiger partial charge < -0.3 is 5.32 Å². The fourth-order valence-corrected chi connectivity index (χ4v) is 4.32. The van der Waals surface area contributed by atoms with Crippen LogP contribution in [0.4, 0.5) is 0 Å². The Morgan fingerprint density at radius 3 is 2.85 bits per heavy atom. The molecule has 0 spiro atoms. The average Bonchev–Trinajstić information content (AvgIpc) is 2.40. The summed E-state index contributed by atoms with van der Waals surface area (Å²) in [5, 5.41) is 12.2. The third kappa shape index (κ3) is 3.58. The van der Waals surface area contributed by atoms with E-state index >= 15 is 0 Å². The molecule has 0 aromatic heterocycles. The van der Waals surface area contributed by atoms with Crippen molar-refractivity contribution < 1.29 is 8.42 Å². The summed E-state index contributed by atoms with van der Waals surface area (Å²) in [4.78, 5) is 0.112. The number of hydrogen-bond acceptors (Lipinski definition) is 4. The van der Waals surface area contributed by atoms with E-state index in [1.807, 2.05) is 13.0 Å². The van der Waals surface area contributed by atoms with Crippen LogP contribution >= 0.6 is 15.9 Å². The maximum atomic E-state index is 12.4. The second-order valence-electron chi connectivity index (χ2n) is 4.90. The Labute approximate surface area is 127 Å². The zero-order valence-electron chi connectivity index (χ0n) is 11.1. The molecule has 1 aromatic carbocycles. The standard InChI is InChI=1S/C13H16BrN3O2S/c1-9-13(3-2-4-16-9)17-20(18,19)12-6-10(8-15)5-11(14)7-12/h5-7,9,13,16-17H,2-4H2,1H3. The van der Waals surface area contributed by atoms with Gasteiger partial charge in [-0.3, -0.25) is 0 Å². The second-order valence-corrected chi connectivity index (χ2v) is 7.53. The van der Waals surface area contributed by atoms with E-state index < -0.39 is 10.0 Å². The van der Waals surface area contributed by atoms with Gasteiger partial charge in [-0.1, -0.05) is 15.9 Å². The molecular weight excluding hydrogens is 342 g/mol. The molecular formula is C13H16BrN3O2S. The van der Waals surface area contributed by atoms with Crippen molar-refractivity contribution >= 4 is 26.0 Å². The van der Waals surface area contributed by atoms with E-state index in [0.717, 1.165) is 19.4 Å². The van der Waals surface area contributed by atoms with E-state index in [0.29, 0.717) is 10.0 Å². The van der Waals surface area contributed by atoms with E-state index in [2.05, 4.69) is 26.0 Å². The first-order valence-corrected chi connectivity index (χ1v) is 8.66. The smallest absolute Gasteiger partial charge is 0.240 e. The van der Waals surface area contributed by atoms with Crippen LogP contribution in [0.25, 0.3) is 0 Å². The lowest BCUT2D eigenvalue weighted by Crippen LogP contribution is -2.51. The van der Waals surface area contributed by atoms with Crippen molar-refractivity contribution in [1.82, 2.24) is 10.0 Å². The minimum atomic E-state index is -3.62. The molecule has 0 saturated carbocycles. The predicted molar refractivity (Wildman–Crippen MR) is 79.7 cm³/mol. The Bertz CT molecular complexity index is 640. The third-order valence-electron chi connectivity index (χ3n) is 3.38. The summed E-state index contributed by atoms with van der Waals surface area (Å²) in [7, 11) is -3.62. The number of rotatable bonds is 3. The highest BCUT2D eigenvalue weighted by Crippen LogP contribution is 2.20. The molecule has 1 heterocycles. The highest BCUT2D eigenvalue weighted by Gasteiger charge is 2.26. The molecule has 2 rings (SSSR count). The Hall–Kier alpha value is -0.940. The summed E-state index contributed by atoms with van der Waals surface area (Å²) in [5.41, 5.74) is 0.314. The summed E-state index contributed by atoms with van der Waals surface area (Å²) >= 11 is 3.23. The summed E-state index contributed by atoms with van der Waals surface area (Å²) in [6, 6.07) is 6.40. The molecule has 1 aliphatic heterocycles. The van der Waals surface area contributed by atoms with Crippen molar-refractivity contribution in [3.8, 4) is 6.07 Å². The van der Waals surface area contributed by atoms with Crippen LogP contribution in [0, 0.1) is 11.3 Å². The molecule has 2 unspecified atom stereocenters. The van der Waals surface area contributed by atoms with Gasteiger partial charge in [-0.15, -0.1) is 0 Å². The van der Waals surface area contributed by atoms with Gasteiger partial charge in [-0.25, -0.2) is 13.1 Å². The largest absolute Gasteiger partial charge is 0.313 e. The van der Waals surface area contributed by atoms with Gasteiger partial charge in [0.05, 0.1) is 16.5 Å². The minimum Gasteiger partial charge on any atom is -0.313 e. The SMILES string of the molecule is CC1NCCCC1NS(=O)(=O)c1cc(Br)cc(C#N)c1. The number of sulfonamides is 1. The molecule has 20 heavy (non-hydrogen) atoms. The first-order chi connectivity index (χ1) is 9.42. The number of piperidine rings is 1. The van der Waals surface area contributed by atoms with Gasteiger partial charge in [0, 0.05) is 16.6 Å². The van der Waals surface area contributed by atoms with Crippen LogP contribution in [0.5, 0.6) is 0 Å². The minimum absolute atomic E-state index is 0.0983. The molecule has 5 nitrogen and oxygen atoms in total. The topological polar surface area (TPSA) is 82.0 Å². The number of halogens is 1. The zero-order valence-corrected chi connectivity index (χ0v) is 13.5. The van der Waals surface area contributed by atoms with Crippen LogP contribution in [-0.4, -0.2) is 27.0 Å². The number of nitrogens with one attached hydrogen (secondary N) is 2. The maximum Gasteiger partial charge on any atom is 0.240 e. The van der Waals surface area contributed by atoms with Crippen molar-refractivity contribution in [3.05, 3.63) is 28.2 Å².